The molecule has 0 bridgehead atoms. The summed E-state index contributed by atoms with van der Waals surface area (Å²) in [4.78, 5) is 4.46. The first kappa shape index (κ1) is 10.1. The topological polar surface area (TPSA) is 47.6 Å². The Labute approximate surface area is 103 Å². The van der Waals surface area contributed by atoms with Crippen LogP contribution in [0.25, 0.3) is 0 Å². The quantitative estimate of drug-likeness (QED) is 0.791. The number of benzene rings is 1. The fraction of sp³-hybridized carbons (Fsp3) is 0.417. The summed E-state index contributed by atoms with van der Waals surface area (Å²) in [5, 5.41) is 0. The van der Waals surface area contributed by atoms with Gasteiger partial charge in [0, 0.05) is 10.9 Å². The maximum absolute atomic E-state index is 5.60. The van der Waals surface area contributed by atoms with E-state index in [4.69, 9.17) is 10.5 Å². The molecule has 0 unspecified atom stereocenters. The third kappa shape index (κ3) is 1.61. The van der Waals surface area contributed by atoms with Gasteiger partial charge in [-0.1, -0.05) is 22.0 Å². The van der Waals surface area contributed by atoms with Crippen LogP contribution >= 0.6 is 15.9 Å². The molecule has 1 spiro atoms. The van der Waals surface area contributed by atoms with Crippen molar-refractivity contribution in [3.8, 4) is 0 Å². The van der Waals surface area contributed by atoms with Gasteiger partial charge < -0.3 is 10.5 Å². The molecule has 1 aromatic carbocycles. The van der Waals surface area contributed by atoms with Gasteiger partial charge in [-0.05, 0) is 36.1 Å². The van der Waals surface area contributed by atoms with Gasteiger partial charge in [-0.2, -0.15) is 0 Å². The summed E-state index contributed by atoms with van der Waals surface area (Å²) < 4.78 is 6.45. The highest BCUT2D eigenvalue weighted by Gasteiger charge is 2.39. The second-order valence-corrected chi connectivity index (χ2v) is 5.47. The molecule has 16 heavy (non-hydrogen) atoms. The second-order valence-electron chi connectivity index (χ2n) is 4.55. The van der Waals surface area contributed by atoms with Gasteiger partial charge in [-0.3, -0.25) is 0 Å². The van der Waals surface area contributed by atoms with Gasteiger partial charge in [0.1, 0.15) is 12.1 Å². The number of nitrogens with two attached hydrogens (primary N) is 1. The van der Waals surface area contributed by atoms with E-state index in [1.165, 1.54) is 11.1 Å². The summed E-state index contributed by atoms with van der Waals surface area (Å²) in [5.41, 5.74) is 8.30. The van der Waals surface area contributed by atoms with Crippen LogP contribution in [0.2, 0.25) is 0 Å². The van der Waals surface area contributed by atoms with Crippen LogP contribution in [0.4, 0.5) is 0 Å². The Kier molecular flexibility index (Phi) is 2.21. The number of nitrogens with zero attached hydrogens (tertiary/aromatic N) is 1. The van der Waals surface area contributed by atoms with Crippen molar-refractivity contribution in [1.82, 2.24) is 0 Å². The Balaban J connectivity index is 1.95. The first-order valence-corrected chi connectivity index (χ1v) is 6.22. The number of aryl methyl sites for hydroxylation is 1. The number of hydrogen-bond donors (Lipinski definition) is 1. The van der Waals surface area contributed by atoms with E-state index in [0.29, 0.717) is 12.6 Å². The highest BCUT2D eigenvalue weighted by molar-refractivity contribution is 9.10. The van der Waals surface area contributed by atoms with Crippen LogP contribution in [0.5, 0.6) is 0 Å². The molecule has 0 amide bonds. The zero-order chi connectivity index (χ0) is 11.2. The van der Waals surface area contributed by atoms with Gasteiger partial charge in [0.05, 0.1) is 0 Å². The van der Waals surface area contributed by atoms with Gasteiger partial charge in [-0.15, -0.1) is 0 Å². The van der Waals surface area contributed by atoms with E-state index in [0.717, 1.165) is 23.7 Å². The van der Waals surface area contributed by atoms with Crippen molar-refractivity contribution in [3.63, 3.8) is 0 Å². The molecule has 1 aromatic rings. The molecular weight excluding hydrogens is 268 g/mol. The van der Waals surface area contributed by atoms with E-state index in [2.05, 4.69) is 39.1 Å². The molecule has 84 valence electrons. The Bertz CT molecular complexity index is 472. The van der Waals surface area contributed by atoms with Crippen LogP contribution in [-0.2, 0) is 17.6 Å². The lowest BCUT2D eigenvalue weighted by Crippen LogP contribution is -2.35. The molecular formula is C12H13BrN2O. The van der Waals surface area contributed by atoms with E-state index >= 15 is 0 Å². The summed E-state index contributed by atoms with van der Waals surface area (Å²) in [7, 11) is 0. The van der Waals surface area contributed by atoms with Crippen molar-refractivity contribution in [1.29, 1.82) is 0 Å². The molecule has 0 saturated carbocycles. The van der Waals surface area contributed by atoms with Gasteiger partial charge in [0.15, 0.2) is 0 Å². The molecule has 1 aliphatic carbocycles. The largest absolute Gasteiger partial charge is 0.463 e. The highest BCUT2D eigenvalue weighted by atomic mass is 79.9. The van der Waals surface area contributed by atoms with Gasteiger partial charge >= 0.3 is 0 Å². The van der Waals surface area contributed by atoms with Crippen LogP contribution in [0, 0.1) is 0 Å². The smallest absolute Gasteiger partial charge is 0.282 e. The van der Waals surface area contributed by atoms with Crippen LogP contribution in [0.1, 0.15) is 17.5 Å². The number of hydrogen-bond acceptors (Lipinski definition) is 3. The van der Waals surface area contributed by atoms with Crippen LogP contribution in [0.3, 0.4) is 0 Å². The molecule has 3 rings (SSSR count). The molecule has 1 heterocycles. The average Bonchev–Trinajstić information content (AvgIpc) is 2.61. The van der Waals surface area contributed by atoms with Gasteiger partial charge in [0.25, 0.3) is 6.02 Å². The third-order valence-electron chi connectivity index (χ3n) is 3.38. The zero-order valence-corrected chi connectivity index (χ0v) is 10.5. The number of fused-ring (bicyclic) bond motifs is 1. The summed E-state index contributed by atoms with van der Waals surface area (Å²) in [6.45, 7) is 0.633. The summed E-state index contributed by atoms with van der Waals surface area (Å²) in [5.74, 6) is 0. The van der Waals surface area contributed by atoms with E-state index in [1.54, 1.807) is 0 Å². The van der Waals surface area contributed by atoms with Crippen molar-refractivity contribution >= 4 is 22.0 Å². The molecule has 3 nitrogen and oxygen atoms in total. The number of amidine groups is 1. The predicted molar refractivity (Wildman–Crippen MR) is 66.5 cm³/mol. The standard InChI is InChI=1S/C12H13BrN2O/c13-10-2-1-9-6-12(4-3-8(9)5-10)7-16-11(14)15-12/h1-2,5H,3-4,6-7H2,(H2,14,15)/t12-/m0/s1. The third-order valence-corrected chi connectivity index (χ3v) is 3.88. The fourth-order valence-electron chi connectivity index (χ4n) is 2.54. The zero-order valence-electron chi connectivity index (χ0n) is 8.87. The molecule has 0 fully saturated rings. The molecule has 0 radical (unpaired) electrons. The Morgan fingerprint density at radius 1 is 1.38 bits per heavy atom. The maximum Gasteiger partial charge on any atom is 0.282 e. The monoisotopic (exact) mass is 280 g/mol. The van der Waals surface area contributed by atoms with Crippen molar-refractivity contribution in [2.75, 3.05) is 6.61 Å². The minimum atomic E-state index is -0.0923. The Morgan fingerprint density at radius 2 is 2.25 bits per heavy atom. The van der Waals surface area contributed by atoms with Crippen LogP contribution in [0.15, 0.2) is 27.7 Å². The van der Waals surface area contributed by atoms with E-state index in [-0.39, 0.29) is 5.54 Å². The molecule has 4 heteroatoms. The Morgan fingerprint density at radius 3 is 3.00 bits per heavy atom. The number of rotatable bonds is 0. The molecule has 0 saturated heterocycles. The Hall–Kier alpha value is -1.03. The highest BCUT2D eigenvalue weighted by Crippen LogP contribution is 2.35. The molecule has 2 aliphatic rings. The minimum absolute atomic E-state index is 0.0923. The molecule has 0 aromatic heterocycles. The number of halogens is 1. The maximum atomic E-state index is 5.60. The lowest BCUT2D eigenvalue weighted by Gasteiger charge is -2.30. The molecule has 1 aliphatic heterocycles. The number of ether oxygens (including phenoxy) is 1. The van der Waals surface area contributed by atoms with Crippen molar-refractivity contribution < 1.29 is 4.74 Å². The summed E-state index contributed by atoms with van der Waals surface area (Å²) in [6, 6.07) is 6.80. The SMILES string of the molecule is NC1=N[C@]2(CCc3cc(Br)ccc3C2)CO1. The van der Waals surface area contributed by atoms with Gasteiger partial charge in [0.2, 0.25) is 0 Å². The van der Waals surface area contributed by atoms with E-state index < -0.39 is 0 Å². The van der Waals surface area contributed by atoms with Crippen molar-refractivity contribution in [2.45, 2.75) is 24.8 Å². The fourth-order valence-corrected chi connectivity index (χ4v) is 2.94. The second kappa shape index (κ2) is 3.48. The first-order chi connectivity index (χ1) is 7.67. The van der Waals surface area contributed by atoms with E-state index in [1.807, 2.05) is 0 Å². The summed E-state index contributed by atoms with van der Waals surface area (Å²) >= 11 is 3.50. The van der Waals surface area contributed by atoms with Crippen molar-refractivity contribution in [2.24, 2.45) is 10.7 Å². The molecule has 1 atom stereocenters. The predicted octanol–water partition coefficient (Wildman–Crippen LogP) is 2.02. The first-order valence-electron chi connectivity index (χ1n) is 5.42. The van der Waals surface area contributed by atoms with Crippen molar-refractivity contribution in [3.05, 3.63) is 33.8 Å². The van der Waals surface area contributed by atoms with E-state index in [9.17, 15) is 0 Å². The van der Waals surface area contributed by atoms with Crippen LogP contribution < -0.4 is 5.73 Å². The lowest BCUT2D eigenvalue weighted by molar-refractivity contribution is 0.235. The molecule has 2 N–H and O–H groups in total. The average molecular weight is 281 g/mol. The lowest BCUT2D eigenvalue weighted by atomic mass is 9.79. The van der Waals surface area contributed by atoms with Gasteiger partial charge in [-0.25, -0.2) is 4.99 Å². The normalized spacial score (nSPS) is 27.4. The van der Waals surface area contributed by atoms with Crippen LogP contribution in [-0.4, -0.2) is 18.2 Å². The summed E-state index contributed by atoms with van der Waals surface area (Å²) in [6.07, 6.45) is 3.02. The minimum Gasteiger partial charge on any atom is -0.463 e. The number of aliphatic imine (C=N–C) groups is 1.